The zero-order chi connectivity index (χ0) is 21.0. The van der Waals surface area contributed by atoms with Crippen LogP contribution in [0.2, 0.25) is 0 Å². The fourth-order valence-corrected chi connectivity index (χ4v) is 4.77. The zero-order valence-corrected chi connectivity index (χ0v) is 18.1. The molecule has 1 fully saturated rings. The number of hydrogen-bond donors (Lipinski definition) is 0. The number of thioether (sulfide) groups is 1. The molecule has 1 amide bonds. The number of thiophene rings is 1. The van der Waals surface area contributed by atoms with Crippen LogP contribution < -0.4 is 0 Å². The Kier molecular flexibility index (Phi) is 5.83. The van der Waals surface area contributed by atoms with E-state index in [9.17, 15) is 4.79 Å². The number of nitrogens with zero attached hydrogens (tertiary/aromatic N) is 5. The maximum absolute atomic E-state index is 12.6. The van der Waals surface area contributed by atoms with E-state index in [1.165, 1.54) is 18.0 Å². The number of morpholine rings is 1. The summed E-state index contributed by atoms with van der Waals surface area (Å²) < 4.78 is 12.9. The number of ether oxygens (including phenoxy) is 1. The van der Waals surface area contributed by atoms with Gasteiger partial charge in [-0.05, 0) is 23.6 Å². The van der Waals surface area contributed by atoms with Gasteiger partial charge in [0.1, 0.15) is 6.26 Å². The first kappa shape index (κ1) is 20.0. The van der Waals surface area contributed by atoms with E-state index in [-0.39, 0.29) is 5.91 Å². The first-order valence-electron chi connectivity index (χ1n) is 9.78. The lowest BCUT2D eigenvalue weighted by molar-refractivity contribution is 0.0299. The van der Waals surface area contributed by atoms with Crippen LogP contribution in [-0.4, -0.2) is 56.9 Å². The minimum Gasteiger partial charge on any atom is -0.447 e. The van der Waals surface area contributed by atoms with Gasteiger partial charge in [-0.3, -0.25) is 9.36 Å². The van der Waals surface area contributed by atoms with Gasteiger partial charge in [0.05, 0.1) is 23.8 Å². The Morgan fingerprint density at radius 2 is 1.94 bits per heavy atom. The van der Waals surface area contributed by atoms with Gasteiger partial charge in [0.15, 0.2) is 16.7 Å². The molecule has 0 N–H and O–H groups in total. The summed E-state index contributed by atoms with van der Waals surface area (Å²) >= 11 is 3.08. The van der Waals surface area contributed by atoms with Gasteiger partial charge >= 0.3 is 0 Å². The molecule has 0 unspecified atom stereocenters. The van der Waals surface area contributed by atoms with Gasteiger partial charge < -0.3 is 14.1 Å². The van der Waals surface area contributed by atoms with E-state index in [0.29, 0.717) is 43.6 Å². The smallest absolute Gasteiger partial charge is 0.275 e. The first-order chi connectivity index (χ1) is 15.3. The third-order valence-corrected chi connectivity index (χ3v) is 6.56. The third-order valence-electron chi connectivity index (χ3n) is 4.78. The van der Waals surface area contributed by atoms with Crippen molar-refractivity contribution in [2.24, 2.45) is 0 Å². The molecular weight excluding hydrogens is 434 g/mol. The van der Waals surface area contributed by atoms with Crippen molar-refractivity contribution in [3.05, 3.63) is 65.7 Å². The van der Waals surface area contributed by atoms with E-state index in [2.05, 4.69) is 15.2 Å². The maximum atomic E-state index is 12.6. The van der Waals surface area contributed by atoms with Crippen LogP contribution in [0.4, 0.5) is 0 Å². The molecule has 1 saturated heterocycles. The van der Waals surface area contributed by atoms with Gasteiger partial charge in [0, 0.05) is 18.8 Å². The number of para-hydroxylation sites is 1. The number of rotatable bonds is 6. The van der Waals surface area contributed by atoms with Crippen LogP contribution in [0.3, 0.4) is 0 Å². The van der Waals surface area contributed by atoms with E-state index in [1.54, 1.807) is 16.2 Å². The standard InChI is InChI=1S/C21H19N5O3S2/c27-20(25-8-10-28-11-9-25)16-13-29-18(22-16)14-31-21-24-23-19(17-7-4-12-30-17)26(21)15-5-2-1-3-6-15/h1-7,12-13H,8-11,14H2. The summed E-state index contributed by atoms with van der Waals surface area (Å²) in [6.07, 6.45) is 1.42. The van der Waals surface area contributed by atoms with Crippen LogP contribution in [0.5, 0.6) is 0 Å². The van der Waals surface area contributed by atoms with Crippen LogP contribution in [0.15, 0.2) is 63.7 Å². The molecule has 0 saturated carbocycles. The highest BCUT2D eigenvalue weighted by Crippen LogP contribution is 2.31. The number of amides is 1. The van der Waals surface area contributed by atoms with E-state index in [1.807, 2.05) is 52.4 Å². The Morgan fingerprint density at radius 3 is 2.71 bits per heavy atom. The minimum atomic E-state index is -0.129. The molecule has 8 nitrogen and oxygen atoms in total. The van der Waals surface area contributed by atoms with Crippen molar-refractivity contribution in [1.82, 2.24) is 24.6 Å². The number of benzene rings is 1. The Balaban J connectivity index is 1.35. The van der Waals surface area contributed by atoms with E-state index in [4.69, 9.17) is 9.15 Å². The maximum Gasteiger partial charge on any atom is 0.275 e. The molecule has 1 aliphatic heterocycles. The molecule has 0 atom stereocenters. The van der Waals surface area contributed by atoms with Crippen molar-refractivity contribution in [1.29, 1.82) is 0 Å². The Hall–Kier alpha value is -2.95. The van der Waals surface area contributed by atoms with Crippen molar-refractivity contribution >= 4 is 29.0 Å². The average Bonchev–Trinajstić information content (AvgIpc) is 3.59. The van der Waals surface area contributed by atoms with Gasteiger partial charge in [0.2, 0.25) is 5.89 Å². The summed E-state index contributed by atoms with van der Waals surface area (Å²) in [7, 11) is 0. The molecule has 0 radical (unpaired) electrons. The molecular formula is C21H19N5O3S2. The lowest BCUT2D eigenvalue weighted by atomic mass is 10.3. The van der Waals surface area contributed by atoms with Crippen LogP contribution in [0.25, 0.3) is 16.4 Å². The number of carbonyl (C=O) groups is 1. The normalized spacial score (nSPS) is 14.1. The molecule has 1 aliphatic rings. The lowest BCUT2D eigenvalue weighted by Gasteiger charge is -2.25. The summed E-state index contributed by atoms with van der Waals surface area (Å²) in [6, 6.07) is 14.0. The van der Waals surface area contributed by atoms with Crippen molar-refractivity contribution in [3.63, 3.8) is 0 Å². The molecule has 10 heteroatoms. The van der Waals surface area contributed by atoms with Gasteiger partial charge in [0.25, 0.3) is 5.91 Å². The largest absolute Gasteiger partial charge is 0.447 e. The third kappa shape index (κ3) is 4.27. The van der Waals surface area contributed by atoms with Crippen molar-refractivity contribution < 1.29 is 13.9 Å². The topological polar surface area (TPSA) is 86.3 Å². The van der Waals surface area contributed by atoms with E-state index in [0.717, 1.165) is 21.5 Å². The number of hydrogen-bond acceptors (Lipinski definition) is 8. The highest BCUT2D eigenvalue weighted by atomic mass is 32.2. The Bertz CT molecular complexity index is 1150. The quantitative estimate of drug-likeness (QED) is 0.411. The fourth-order valence-electron chi connectivity index (χ4n) is 3.27. The van der Waals surface area contributed by atoms with Gasteiger partial charge in [-0.25, -0.2) is 4.98 Å². The lowest BCUT2D eigenvalue weighted by Crippen LogP contribution is -2.40. The predicted molar refractivity (Wildman–Crippen MR) is 117 cm³/mol. The average molecular weight is 454 g/mol. The summed E-state index contributed by atoms with van der Waals surface area (Å²) in [4.78, 5) is 19.7. The zero-order valence-electron chi connectivity index (χ0n) is 16.5. The molecule has 1 aromatic carbocycles. The molecule has 158 valence electrons. The SMILES string of the molecule is O=C(c1coc(CSc2nnc(-c3cccs3)n2-c2ccccc2)n1)N1CCOCC1. The van der Waals surface area contributed by atoms with E-state index < -0.39 is 0 Å². The second-order valence-corrected chi connectivity index (χ2v) is 8.66. The summed E-state index contributed by atoms with van der Waals surface area (Å²) in [6.45, 7) is 2.24. The van der Waals surface area contributed by atoms with Gasteiger partial charge in [-0.1, -0.05) is 36.0 Å². The predicted octanol–water partition coefficient (Wildman–Crippen LogP) is 3.75. The fraction of sp³-hybridized carbons (Fsp3) is 0.238. The van der Waals surface area contributed by atoms with Crippen LogP contribution >= 0.6 is 23.1 Å². The van der Waals surface area contributed by atoms with Gasteiger partial charge in [-0.2, -0.15) is 0 Å². The molecule has 5 rings (SSSR count). The Labute approximate surface area is 186 Å². The van der Waals surface area contributed by atoms with Crippen molar-refractivity contribution in [2.45, 2.75) is 10.9 Å². The molecule has 0 spiro atoms. The summed E-state index contributed by atoms with van der Waals surface area (Å²) in [5.74, 6) is 1.57. The van der Waals surface area contributed by atoms with Crippen LogP contribution in [-0.2, 0) is 10.5 Å². The number of aromatic nitrogens is 4. The highest BCUT2D eigenvalue weighted by Gasteiger charge is 2.22. The Morgan fingerprint density at radius 1 is 1.10 bits per heavy atom. The molecule has 0 bridgehead atoms. The minimum absolute atomic E-state index is 0.129. The van der Waals surface area contributed by atoms with Crippen LogP contribution in [0.1, 0.15) is 16.4 Å². The van der Waals surface area contributed by atoms with Crippen LogP contribution in [0, 0.1) is 0 Å². The number of oxazole rings is 1. The second kappa shape index (κ2) is 9.04. The highest BCUT2D eigenvalue weighted by molar-refractivity contribution is 7.98. The number of carbonyl (C=O) groups excluding carboxylic acids is 1. The summed E-state index contributed by atoms with van der Waals surface area (Å²) in [5.41, 5.74) is 1.30. The monoisotopic (exact) mass is 453 g/mol. The molecule has 31 heavy (non-hydrogen) atoms. The first-order valence-corrected chi connectivity index (χ1v) is 11.6. The second-order valence-electron chi connectivity index (χ2n) is 6.77. The van der Waals surface area contributed by atoms with Gasteiger partial charge in [-0.15, -0.1) is 21.5 Å². The molecule has 4 heterocycles. The molecule has 3 aromatic heterocycles. The molecule has 4 aromatic rings. The van der Waals surface area contributed by atoms with Crippen molar-refractivity contribution in [2.75, 3.05) is 26.3 Å². The summed E-state index contributed by atoms with van der Waals surface area (Å²) in [5, 5.41) is 11.6. The van der Waals surface area contributed by atoms with Crippen molar-refractivity contribution in [3.8, 4) is 16.4 Å². The molecule has 0 aliphatic carbocycles. The van der Waals surface area contributed by atoms with E-state index >= 15 is 0 Å².